The number of nitrogens with one attached hydrogen (secondary N) is 2. The summed E-state index contributed by atoms with van der Waals surface area (Å²) in [6.07, 6.45) is 0.665. The van der Waals surface area contributed by atoms with Gasteiger partial charge in [-0.05, 0) is 24.6 Å². The Morgan fingerprint density at radius 2 is 1.85 bits per heavy atom. The van der Waals surface area contributed by atoms with Crippen molar-refractivity contribution >= 4 is 28.3 Å². The zero-order valence-electron chi connectivity index (χ0n) is 14.2. The normalized spacial score (nSPS) is 10.3. The SMILES string of the molecule is Cc1cccc(C(=O)NCC(=O)Nc2nnc(Cc3ccccc3)s2)c1. The number of hydrogen-bond acceptors (Lipinski definition) is 5. The molecule has 3 aromatic rings. The largest absolute Gasteiger partial charge is 0.343 e. The van der Waals surface area contributed by atoms with Gasteiger partial charge in [0.15, 0.2) is 0 Å². The highest BCUT2D eigenvalue weighted by Gasteiger charge is 2.11. The van der Waals surface area contributed by atoms with Crippen LogP contribution in [0.1, 0.15) is 26.5 Å². The molecular formula is C19H18N4O2S. The van der Waals surface area contributed by atoms with Crippen molar-refractivity contribution in [1.29, 1.82) is 0 Å². The van der Waals surface area contributed by atoms with Crippen molar-refractivity contribution in [1.82, 2.24) is 15.5 Å². The van der Waals surface area contributed by atoms with Crippen LogP contribution in [0.15, 0.2) is 54.6 Å². The highest BCUT2D eigenvalue weighted by atomic mass is 32.1. The molecule has 3 rings (SSSR count). The molecule has 0 spiro atoms. The molecule has 0 radical (unpaired) electrons. The second-order valence-corrected chi connectivity index (χ2v) is 6.83. The summed E-state index contributed by atoms with van der Waals surface area (Å²) in [4.78, 5) is 24.0. The molecule has 0 aliphatic rings. The van der Waals surface area contributed by atoms with Crippen molar-refractivity contribution in [2.24, 2.45) is 0 Å². The first-order valence-electron chi connectivity index (χ1n) is 8.11. The number of aryl methyl sites for hydroxylation is 1. The van der Waals surface area contributed by atoms with Gasteiger partial charge >= 0.3 is 0 Å². The van der Waals surface area contributed by atoms with E-state index in [1.807, 2.05) is 43.3 Å². The highest BCUT2D eigenvalue weighted by Crippen LogP contribution is 2.18. The number of aromatic nitrogens is 2. The number of nitrogens with zero attached hydrogens (tertiary/aromatic N) is 2. The third-order valence-electron chi connectivity index (χ3n) is 3.60. The second-order valence-electron chi connectivity index (χ2n) is 5.76. The molecule has 7 heteroatoms. The lowest BCUT2D eigenvalue weighted by molar-refractivity contribution is -0.115. The van der Waals surface area contributed by atoms with Crippen LogP contribution < -0.4 is 10.6 Å². The summed E-state index contributed by atoms with van der Waals surface area (Å²) >= 11 is 1.32. The third-order valence-corrected chi connectivity index (χ3v) is 4.44. The van der Waals surface area contributed by atoms with E-state index in [1.165, 1.54) is 11.3 Å². The summed E-state index contributed by atoms with van der Waals surface area (Å²) in [5, 5.41) is 14.5. The maximum atomic E-state index is 12.0. The zero-order valence-corrected chi connectivity index (χ0v) is 15.0. The summed E-state index contributed by atoms with van der Waals surface area (Å²) in [5.41, 5.74) is 2.65. The quantitative estimate of drug-likeness (QED) is 0.703. The van der Waals surface area contributed by atoms with E-state index in [0.29, 0.717) is 17.1 Å². The maximum absolute atomic E-state index is 12.0. The molecule has 0 saturated carbocycles. The molecule has 2 amide bonds. The van der Waals surface area contributed by atoms with E-state index < -0.39 is 0 Å². The number of anilines is 1. The number of benzene rings is 2. The molecule has 0 bridgehead atoms. The van der Waals surface area contributed by atoms with Crippen LogP contribution in [-0.2, 0) is 11.2 Å². The molecule has 0 aliphatic carbocycles. The van der Waals surface area contributed by atoms with Crippen molar-refractivity contribution in [3.63, 3.8) is 0 Å². The predicted octanol–water partition coefficient (Wildman–Crippen LogP) is 2.81. The van der Waals surface area contributed by atoms with Crippen LogP contribution in [-0.4, -0.2) is 28.6 Å². The van der Waals surface area contributed by atoms with Crippen molar-refractivity contribution in [2.75, 3.05) is 11.9 Å². The van der Waals surface area contributed by atoms with Crippen LogP contribution in [0.25, 0.3) is 0 Å². The van der Waals surface area contributed by atoms with E-state index in [2.05, 4.69) is 20.8 Å². The van der Waals surface area contributed by atoms with Gasteiger partial charge in [0.25, 0.3) is 5.91 Å². The minimum Gasteiger partial charge on any atom is -0.343 e. The Morgan fingerprint density at radius 3 is 2.62 bits per heavy atom. The first-order chi connectivity index (χ1) is 12.6. The summed E-state index contributed by atoms with van der Waals surface area (Å²) in [6.45, 7) is 1.78. The van der Waals surface area contributed by atoms with Crippen LogP contribution >= 0.6 is 11.3 Å². The molecule has 0 aliphatic heterocycles. The van der Waals surface area contributed by atoms with Crippen molar-refractivity contribution in [2.45, 2.75) is 13.3 Å². The van der Waals surface area contributed by atoms with Gasteiger partial charge in [0, 0.05) is 12.0 Å². The zero-order chi connectivity index (χ0) is 18.4. The Labute approximate surface area is 155 Å². The van der Waals surface area contributed by atoms with Gasteiger partial charge in [-0.1, -0.05) is 59.4 Å². The first-order valence-corrected chi connectivity index (χ1v) is 8.93. The summed E-state index contributed by atoms with van der Waals surface area (Å²) < 4.78 is 0. The molecule has 132 valence electrons. The molecule has 26 heavy (non-hydrogen) atoms. The average molecular weight is 366 g/mol. The molecule has 2 N–H and O–H groups in total. The van der Waals surface area contributed by atoms with E-state index in [-0.39, 0.29) is 18.4 Å². The number of carbonyl (C=O) groups is 2. The van der Waals surface area contributed by atoms with E-state index >= 15 is 0 Å². The van der Waals surface area contributed by atoms with E-state index in [0.717, 1.165) is 16.1 Å². The smallest absolute Gasteiger partial charge is 0.251 e. The van der Waals surface area contributed by atoms with Gasteiger partial charge in [-0.25, -0.2) is 0 Å². The van der Waals surface area contributed by atoms with E-state index in [1.54, 1.807) is 18.2 Å². The number of carbonyl (C=O) groups excluding carboxylic acids is 2. The van der Waals surface area contributed by atoms with Crippen LogP contribution in [0, 0.1) is 6.92 Å². The van der Waals surface area contributed by atoms with E-state index in [9.17, 15) is 9.59 Å². The van der Waals surface area contributed by atoms with Gasteiger partial charge in [-0.3, -0.25) is 14.9 Å². The number of hydrogen-bond donors (Lipinski definition) is 2. The fraction of sp³-hybridized carbons (Fsp3) is 0.158. The van der Waals surface area contributed by atoms with Gasteiger partial charge in [-0.2, -0.15) is 0 Å². The second kappa shape index (κ2) is 8.35. The lowest BCUT2D eigenvalue weighted by Crippen LogP contribution is -2.32. The van der Waals surface area contributed by atoms with Crippen LogP contribution in [0.2, 0.25) is 0 Å². The van der Waals surface area contributed by atoms with Gasteiger partial charge < -0.3 is 5.32 Å². The van der Waals surface area contributed by atoms with Gasteiger partial charge in [0.05, 0.1) is 6.54 Å². The molecular weight excluding hydrogens is 348 g/mol. The fourth-order valence-corrected chi connectivity index (χ4v) is 3.15. The molecule has 0 unspecified atom stereocenters. The first kappa shape index (κ1) is 17.8. The monoisotopic (exact) mass is 366 g/mol. The Morgan fingerprint density at radius 1 is 1.04 bits per heavy atom. The van der Waals surface area contributed by atoms with Crippen LogP contribution in [0.5, 0.6) is 0 Å². The highest BCUT2D eigenvalue weighted by molar-refractivity contribution is 7.15. The minimum atomic E-state index is -0.339. The topological polar surface area (TPSA) is 84.0 Å². The Balaban J connectivity index is 1.50. The fourth-order valence-electron chi connectivity index (χ4n) is 2.36. The molecule has 0 atom stereocenters. The molecule has 1 aromatic heterocycles. The molecule has 2 aromatic carbocycles. The van der Waals surface area contributed by atoms with Crippen LogP contribution in [0.3, 0.4) is 0 Å². The number of rotatable bonds is 6. The van der Waals surface area contributed by atoms with E-state index in [4.69, 9.17) is 0 Å². The predicted molar refractivity (Wildman–Crippen MR) is 101 cm³/mol. The summed E-state index contributed by atoms with van der Waals surface area (Å²) in [5.74, 6) is -0.626. The summed E-state index contributed by atoms with van der Waals surface area (Å²) in [7, 11) is 0. The minimum absolute atomic E-state index is 0.125. The van der Waals surface area contributed by atoms with Crippen LogP contribution in [0.4, 0.5) is 5.13 Å². The molecule has 1 heterocycles. The molecule has 0 saturated heterocycles. The van der Waals surface area contributed by atoms with Crippen molar-refractivity contribution in [3.8, 4) is 0 Å². The van der Waals surface area contributed by atoms with Gasteiger partial charge in [0.2, 0.25) is 11.0 Å². The summed E-state index contributed by atoms with van der Waals surface area (Å²) in [6, 6.07) is 17.1. The molecule has 6 nitrogen and oxygen atoms in total. The van der Waals surface area contributed by atoms with Gasteiger partial charge in [0.1, 0.15) is 5.01 Å². The lowest BCUT2D eigenvalue weighted by atomic mass is 10.1. The van der Waals surface area contributed by atoms with Gasteiger partial charge in [-0.15, -0.1) is 10.2 Å². The Hall–Kier alpha value is -3.06. The Kier molecular flexibility index (Phi) is 5.70. The average Bonchev–Trinajstić information content (AvgIpc) is 3.07. The third kappa shape index (κ3) is 4.97. The Bertz CT molecular complexity index is 909. The maximum Gasteiger partial charge on any atom is 0.251 e. The van der Waals surface area contributed by atoms with Crippen molar-refractivity contribution < 1.29 is 9.59 Å². The number of amides is 2. The van der Waals surface area contributed by atoms with Crippen molar-refractivity contribution in [3.05, 3.63) is 76.3 Å². The molecule has 0 fully saturated rings. The lowest BCUT2D eigenvalue weighted by Gasteiger charge is -2.05. The standard InChI is InChI=1S/C19H18N4O2S/c1-13-6-5-9-15(10-13)18(25)20-12-16(24)21-19-23-22-17(26-19)11-14-7-3-2-4-8-14/h2-10H,11-12H2,1H3,(H,20,25)(H,21,23,24).